The Bertz CT molecular complexity index is 912. The molecule has 0 radical (unpaired) electrons. The second-order valence-corrected chi connectivity index (χ2v) is 6.01. The van der Waals surface area contributed by atoms with Crippen molar-refractivity contribution in [1.29, 1.82) is 0 Å². The first-order valence-corrected chi connectivity index (χ1v) is 8.82. The largest absolute Gasteiger partial charge is 0.497 e. The average molecular weight is 378 g/mol. The predicted molar refractivity (Wildman–Crippen MR) is 107 cm³/mol. The fourth-order valence-electron chi connectivity index (χ4n) is 2.55. The normalized spacial score (nSPS) is 10.2. The van der Waals surface area contributed by atoms with E-state index in [0.29, 0.717) is 18.1 Å². The van der Waals surface area contributed by atoms with Gasteiger partial charge in [-0.25, -0.2) is 9.97 Å². The van der Waals surface area contributed by atoms with Gasteiger partial charge in [0, 0.05) is 30.7 Å². The van der Waals surface area contributed by atoms with Crippen LogP contribution in [-0.2, 0) is 6.42 Å². The minimum absolute atomic E-state index is 0.207. The van der Waals surface area contributed by atoms with E-state index < -0.39 is 0 Å². The van der Waals surface area contributed by atoms with Crippen LogP contribution in [0.4, 0.5) is 11.6 Å². The van der Waals surface area contributed by atoms with Crippen molar-refractivity contribution in [2.24, 2.45) is 0 Å². The number of nitrogens with one attached hydrogen (secondary N) is 2. The predicted octanol–water partition coefficient (Wildman–Crippen LogP) is 3.21. The zero-order valence-electron chi connectivity index (χ0n) is 15.8. The van der Waals surface area contributed by atoms with Gasteiger partial charge in [-0.2, -0.15) is 0 Å². The van der Waals surface area contributed by atoms with Gasteiger partial charge in [0.25, 0.3) is 5.91 Å². The van der Waals surface area contributed by atoms with Crippen LogP contribution in [0.5, 0.6) is 11.5 Å². The van der Waals surface area contributed by atoms with Gasteiger partial charge in [-0.05, 0) is 36.2 Å². The van der Waals surface area contributed by atoms with Gasteiger partial charge >= 0.3 is 0 Å². The zero-order valence-corrected chi connectivity index (χ0v) is 15.8. The fourth-order valence-corrected chi connectivity index (χ4v) is 2.55. The maximum Gasteiger partial charge on any atom is 0.254 e. The number of hydrogen-bond acceptors (Lipinski definition) is 6. The lowest BCUT2D eigenvalue weighted by molar-refractivity contribution is 0.0953. The van der Waals surface area contributed by atoms with Crippen LogP contribution in [0.3, 0.4) is 0 Å². The third kappa shape index (κ3) is 5.20. The Morgan fingerprint density at radius 3 is 2.36 bits per heavy atom. The van der Waals surface area contributed by atoms with E-state index in [0.717, 1.165) is 29.2 Å². The van der Waals surface area contributed by atoms with E-state index in [1.54, 1.807) is 14.2 Å². The van der Waals surface area contributed by atoms with Crippen LogP contribution in [0, 0.1) is 0 Å². The minimum Gasteiger partial charge on any atom is -0.497 e. The lowest BCUT2D eigenvalue weighted by Gasteiger charge is -2.08. The lowest BCUT2D eigenvalue weighted by Crippen LogP contribution is -2.26. The number of nitrogens with zero attached hydrogens (tertiary/aromatic N) is 2. The highest BCUT2D eigenvalue weighted by atomic mass is 16.5. The molecule has 0 atom stereocenters. The summed E-state index contributed by atoms with van der Waals surface area (Å²) in [4.78, 5) is 20.6. The number of ether oxygens (including phenoxy) is 2. The van der Waals surface area contributed by atoms with Crippen molar-refractivity contribution in [2.75, 3.05) is 26.1 Å². The van der Waals surface area contributed by atoms with Crippen molar-refractivity contribution in [1.82, 2.24) is 15.3 Å². The van der Waals surface area contributed by atoms with Crippen molar-refractivity contribution in [3.05, 3.63) is 72.1 Å². The van der Waals surface area contributed by atoms with Gasteiger partial charge in [0.05, 0.1) is 19.8 Å². The summed E-state index contributed by atoms with van der Waals surface area (Å²) in [6, 6.07) is 15.2. The van der Waals surface area contributed by atoms with Crippen molar-refractivity contribution < 1.29 is 14.3 Å². The molecule has 0 spiro atoms. The topological polar surface area (TPSA) is 85.4 Å². The SMILES string of the molecule is COc1ccc(CCNC(=O)c2cnc(Nc3cccc(OC)c3)nc2)cc1. The number of methoxy groups -OCH3 is 2. The summed E-state index contributed by atoms with van der Waals surface area (Å²) >= 11 is 0. The summed E-state index contributed by atoms with van der Waals surface area (Å²) in [7, 11) is 3.24. The molecule has 2 aromatic carbocycles. The molecule has 144 valence electrons. The van der Waals surface area contributed by atoms with E-state index in [1.165, 1.54) is 12.4 Å². The third-order valence-electron chi connectivity index (χ3n) is 4.10. The summed E-state index contributed by atoms with van der Waals surface area (Å²) in [6.07, 6.45) is 3.72. The smallest absolute Gasteiger partial charge is 0.254 e. The molecule has 0 saturated heterocycles. The van der Waals surface area contributed by atoms with Crippen LogP contribution >= 0.6 is 0 Å². The molecular weight excluding hydrogens is 356 g/mol. The van der Waals surface area contributed by atoms with Gasteiger partial charge in [0.2, 0.25) is 5.95 Å². The highest BCUT2D eigenvalue weighted by Crippen LogP contribution is 2.19. The molecule has 28 heavy (non-hydrogen) atoms. The molecule has 1 heterocycles. The molecule has 7 nitrogen and oxygen atoms in total. The van der Waals surface area contributed by atoms with Crippen LogP contribution in [0.25, 0.3) is 0 Å². The van der Waals surface area contributed by atoms with Crippen molar-refractivity contribution >= 4 is 17.5 Å². The molecule has 1 aromatic heterocycles. The zero-order chi connectivity index (χ0) is 19.8. The minimum atomic E-state index is -0.207. The summed E-state index contributed by atoms with van der Waals surface area (Å²) < 4.78 is 10.3. The number of benzene rings is 2. The van der Waals surface area contributed by atoms with E-state index in [9.17, 15) is 4.79 Å². The molecule has 7 heteroatoms. The van der Waals surface area contributed by atoms with Gasteiger partial charge in [0.1, 0.15) is 11.5 Å². The maximum absolute atomic E-state index is 12.2. The monoisotopic (exact) mass is 378 g/mol. The quantitative estimate of drug-likeness (QED) is 0.626. The summed E-state index contributed by atoms with van der Waals surface area (Å²) in [5.41, 5.74) is 2.33. The van der Waals surface area contributed by atoms with Crippen LogP contribution < -0.4 is 20.1 Å². The van der Waals surface area contributed by atoms with Gasteiger partial charge < -0.3 is 20.1 Å². The molecule has 0 aliphatic rings. The number of aromatic nitrogens is 2. The molecule has 3 rings (SSSR count). The van der Waals surface area contributed by atoms with E-state index in [2.05, 4.69) is 20.6 Å². The summed E-state index contributed by atoms with van der Waals surface area (Å²) in [5, 5.41) is 5.95. The molecular formula is C21H22N4O3. The Kier molecular flexibility index (Phi) is 6.41. The van der Waals surface area contributed by atoms with Crippen molar-refractivity contribution in [2.45, 2.75) is 6.42 Å². The number of rotatable bonds is 8. The Morgan fingerprint density at radius 1 is 0.964 bits per heavy atom. The van der Waals surface area contributed by atoms with Gasteiger partial charge in [-0.3, -0.25) is 4.79 Å². The van der Waals surface area contributed by atoms with Crippen molar-refractivity contribution in [3.63, 3.8) is 0 Å². The first kappa shape index (κ1) is 19.2. The first-order valence-electron chi connectivity index (χ1n) is 8.82. The number of carbonyl (C=O) groups is 1. The molecule has 2 N–H and O–H groups in total. The molecule has 0 saturated carbocycles. The van der Waals surface area contributed by atoms with Crippen molar-refractivity contribution in [3.8, 4) is 11.5 Å². The summed E-state index contributed by atoms with van der Waals surface area (Å²) in [6.45, 7) is 0.523. The van der Waals surface area contributed by atoms with E-state index in [4.69, 9.17) is 9.47 Å². The number of anilines is 2. The second kappa shape index (κ2) is 9.36. The number of amides is 1. The molecule has 0 bridgehead atoms. The number of carbonyl (C=O) groups excluding carboxylic acids is 1. The van der Waals surface area contributed by atoms with E-state index in [-0.39, 0.29) is 5.91 Å². The van der Waals surface area contributed by atoms with E-state index in [1.807, 2.05) is 48.5 Å². The van der Waals surface area contributed by atoms with E-state index >= 15 is 0 Å². The van der Waals surface area contributed by atoms with Crippen LogP contribution in [0.2, 0.25) is 0 Å². The Morgan fingerprint density at radius 2 is 1.68 bits per heavy atom. The lowest BCUT2D eigenvalue weighted by atomic mass is 10.1. The Balaban J connectivity index is 1.51. The molecule has 0 aliphatic carbocycles. The van der Waals surface area contributed by atoms with Crippen LogP contribution in [-0.4, -0.2) is 36.6 Å². The van der Waals surface area contributed by atoms with Gasteiger partial charge in [-0.1, -0.05) is 18.2 Å². The van der Waals surface area contributed by atoms with Gasteiger partial charge in [0.15, 0.2) is 0 Å². The van der Waals surface area contributed by atoms with Gasteiger partial charge in [-0.15, -0.1) is 0 Å². The standard InChI is InChI=1S/C21H22N4O3/c1-27-18-8-6-15(7-9-18)10-11-22-20(26)16-13-23-21(24-14-16)25-17-4-3-5-19(12-17)28-2/h3-9,12-14H,10-11H2,1-2H3,(H,22,26)(H,23,24,25). The third-order valence-corrected chi connectivity index (χ3v) is 4.10. The Hall–Kier alpha value is -3.61. The maximum atomic E-state index is 12.2. The highest BCUT2D eigenvalue weighted by molar-refractivity contribution is 5.93. The molecule has 1 amide bonds. The Labute approximate surface area is 163 Å². The molecule has 0 fully saturated rings. The average Bonchev–Trinajstić information content (AvgIpc) is 2.75. The highest BCUT2D eigenvalue weighted by Gasteiger charge is 2.07. The number of hydrogen-bond donors (Lipinski definition) is 2. The molecule has 3 aromatic rings. The van der Waals surface area contributed by atoms with Crippen LogP contribution in [0.1, 0.15) is 15.9 Å². The van der Waals surface area contributed by atoms with Crippen LogP contribution in [0.15, 0.2) is 60.9 Å². The molecule has 0 aliphatic heterocycles. The fraction of sp³-hybridized carbons (Fsp3) is 0.190. The summed E-state index contributed by atoms with van der Waals surface area (Å²) in [5.74, 6) is 1.75. The first-order chi connectivity index (χ1) is 13.7. The molecule has 0 unspecified atom stereocenters. The second-order valence-electron chi connectivity index (χ2n) is 6.01.